The quantitative estimate of drug-likeness (QED) is 0.295. The summed E-state index contributed by atoms with van der Waals surface area (Å²) in [7, 11) is -8.89. The summed E-state index contributed by atoms with van der Waals surface area (Å²) in [4.78, 5) is 35.6. The van der Waals surface area contributed by atoms with Crippen LogP contribution in [0.4, 0.5) is 0 Å². The Morgan fingerprint density at radius 1 is 1.06 bits per heavy atom. The second kappa shape index (κ2) is 8.26. The fourth-order valence-corrected chi connectivity index (χ4v) is 4.06. The molecule has 0 aromatic carbocycles. The first-order chi connectivity index (χ1) is 8.17. The lowest BCUT2D eigenvalue weighted by atomic mass is 10.2. The van der Waals surface area contributed by atoms with Crippen molar-refractivity contribution in [1.82, 2.24) is 0 Å². The predicted molar refractivity (Wildman–Crippen MR) is 70.6 cm³/mol. The van der Waals surface area contributed by atoms with Crippen LogP contribution in [0.2, 0.25) is 0 Å². The van der Waals surface area contributed by atoms with E-state index in [1.807, 2.05) is 0 Å². The van der Waals surface area contributed by atoms with Crippen molar-refractivity contribution in [3.8, 4) is 0 Å². The van der Waals surface area contributed by atoms with Gasteiger partial charge < -0.3 is 19.6 Å². The van der Waals surface area contributed by atoms with Crippen molar-refractivity contribution < 1.29 is 28.7 Å². The van der Waals surface area contributed by atoms with Crippen LogP contribution in [-0.2, 0) is 9.13 Å². The van der Waals surface area contributed by atoms with Crippen LogP contribution in [0.3, 0.4) is 0 Å². The second-order valence-corrected chi connectivity index (χ2v) is 7.90. The van der Waals surface area contributed by atoms with Crippen molar-refractivity contribution in [2.45, 2.75) is 44.7 Å². The summed E-state index contributed by atoms with van der Waals surface area (Å²) in [5.74, 6) is 0. The predicted octanol–water partition coefficient (Wildman–Crippen LogP) is 2.24. The van der Waals surface area contributed by atoms with Gasteiger partial charge in [0, 0.05) is 0 Å². The maximum atomic E-state index is 11.1. The Labute approximate surface area is 107 Å². The van der Waals surface area contributed by atoms with E-state index >= 15 is 0 Å². The highest BCUT2D eigenvalue weighted by Gasteiger charge is 2.33. The van der Waals surface area contributed by atoms with Gasteiger partial charge in [-0.05, 0) is 19.3 Å². The summed E-state index contributed by atoms with van der Waals surface area (Å²) in [5, 5.41) is 0. The van der Waals surface area contributed by atoms with E-state index in [9.17, 15) is 9.13 Å². The van der Waals surface area contributed by atoms with Gasteiger partial charge in [0.25, 0.3) is 0 Å². The summed E-state index contributed by atoms with van der Waals surface area (Å²) in [6, 6.07) is 0. The van der Waals surface area contributed by atoms with Crippen LogP contribution in [0.15, 0.2) is 12.2 Å². The lowest BCUT2D eigenvalue weighted by Gasteiger charge is -2.17. The Morgan fingerprint density at radius 2 is 1.67 bits per heavy atom. The van der Waals surface area contributed by atoms with Gasteiger partial charge in [0.05, 0.1) is 11.8 Å². The molecule has 0 rings (SSSR count). The molecule has 0 bridgehead atoms. The normalized spacial score (nSPS) is 15.2. The molecule has 0 amide bonds. The number of rotatable bonds is 9. The summed E-state index contributed by atoms with van der Waals surface area (Å²) in [6.45, 7) is 2.08. The van der Waals surface area contributed by atoms with Crippen LogP contribution in [0.1, 0.15) is 39.0 Å². The van der Waals surface area contributed by atoms with E-state index in [4.69, 9.17) is 19.6 Å². The molecule has 0 aliphatic rings. The molecule has 0 aromatic rings. The van der Waals surface area contributed by atoms with E-state index in [-0.39, 0.29) is 6.42 Å². The SMILES string of the molecule is CCCCCC=CCC(CP(=O)(O)O)P(=O)(O)O. The van der Waals surface area contributed by atoms with Crippen LogP contribution in [0, 0.1) is 0 Å². The molecule has 108 valence electrons. The number of hydrogen-bond donors (Lipinski definition) is 4. The molecule has 0 spiro atoms. The van der Waals surface area contributed by atoms with Gasteiger partial charge in [-0.25, -0.2) is 0 Å². The zero-order chi connectivity index (χ0) is 14.2. The Kier molecular flexibility index (Phi) is 8.28. The Hall–Kier alpha value is 0.0400. The van der Waals surface area contributed by atoms with Gasteiger partial charge in [0.2, 0.25) is 0 Å². The van der Waals surface area contributed by atoms with Crippen molar-refractivity contribution in [2.75, 3.05) is 6.16 Å². The van der Waals surface area contributed by atoms with E-state index in [2.05, 4.69) is 6.92 Å². The molecule has 0 aliphatic heterocycles. The van der Waals surface area contributed by atoms with Crippen LogP contribution in [0.5, 0.6) is 0 Å². The highest BCUT2D eigenvalue weighted by molar-refractivity contribution is 7.56. The molecular weight excluding hydrogens is 278 g/mol. The molecule has 0 saturated heterocycles. The number of unbranched alkanes of at least 4 members (excludes halogenated alkanes) is 3. The third-order valence-electron chi connectivity index (χ3n) is 2.47. The molecule has 0 fully saturated rings. The molecule has 0 radical (unpaired) electrons. The molecule has 0 aliphatic carbocycles. The lowest BCUT2D eigenvalue weighted by molar-refractivity contribution is 0.346. The van der Waals surface area contributed by atoms with E-state index in [0.717, 1.165) is 25.7 Å². The highest BCUT2D eigenvalue weighted by Crippen LogP contribution is 2.50. The number of hydrogen-bond acceptors (Lipinski definition) is 2. The minimum Gasteiger partial charge on any atom is -0.324 e. The van der Waals surface area contributed by atoms with E-state index in [0.29, 0.717) is 0 Å². The minimum atomic E-state index is -4.48. The van der Waals surface area contributed by atoms with E-state index in [1.165, 1.54) is 0 Å². The van der Waals surface area contributed by atoms with Gasteiger partial charge in [-0.3, -0.25) is 9.13 Å². The van der Waals surface area contributed by atoms with Crippen molar-refractivity contribution >= 4 is 15.2 Å². The van der Waals surface area contributed by atoms with Gasteiger partial charge in [0.15, 0.2) is 0 Å². The average Bonchev–Trinajstić information content (AvgIpc) is 2.18. The fourth-order valence-electron chi connectivity index (χ4n) is 1.48. The molecule has 4 N–H and O–H groups in total. The Morgan fingerprint density at radius 3 is 2.11 bits per heavy atom. The maximum absolute atomic E-state index is 11.1. The molecule has 6 nitrogen and oxygen atoms in total. The zero-order valence-electron chi connectivity index (χ0n) is 10.5. The van der Waals surface area contributed by atoms with Crippen LogP contribution in [0.25, 0.3) is 0 Å². The standard InChI is InChI=1S/C10H22O6P2/c1-2-3-4-5-6-7-8-10(18(14,15)16)9-17(11,12)13/h6-7,10H,2-5,8-9H2,1H3,(H2,11,12,13)(H2,14,15,16). The zero-order valence-corrected chi connectivity index (χ0v) is 12.3. The number of allylic oxidation sites excluding steroid dienone is 2. The Bertz CT molecular complexity index is 342. The van der Waals surface area contributed by atoms with Crippen molar-refractivity contribution in [3.05, 3.63) is 12.2 Å². The third kappa shape index (κ3) is 10.0. The second-order valence-electron chi connectivity index (χ2n) is 4.29. The van der Waals surface area contributed by atoms with E-state index in [1.54, 1.807) is 12.2 Å². The Balaban J connectivity index is 4.27. The van der Waals surface area contributed by atoms with Crippen molar-refractivity contribution in [3.63, 3.8) is 0 Å². The minimum absolute atomic E-state index is 0.0124. The first kappa shape index (κ1) is 18.0. The fraction of sp³-hybridized carbons (Fsp3) is 0.800. The molecule has 0 heterocycles. The molecule has 0 saturated carbocycles. The average molecular weight is 300 g/mol. The smallest absolute Gasteiger partial charge is 0.324 e. The summed E-state index contributed by atoms with van der Waals surface area (Å²) >= 11 is 0. The van der Waals surface area contributed by atoms with Crippen molar-refractivity contribution in [1.29, 1.82) is 0 Å². The third-order valence-corrected chi connectivity index (χ3v) is 5.02. The highest BCUT2D eigenvalue weighted by atomic mass is 31.2. The molecular formula is C10H22O6P2. The van der Waals surface area contributed by atoms with E-state index < -0.39 is 27.0 Å². The summed E-state index contributed by atoms with van der Waals surface area (Å²) in [5.41, 5.74) is -1.30. The molecule has 1 atom stereocenters. The molecule has 18 heavy (non-hydrogen) atoms. The first-order valence-corrected chi connectivity index (χ1v) is 9.39. The monoisotopic (exact) mass is 300 g/mol. The van der Waals surface area contributed by atoms with Crippen molar-refractivity contribution in [2.24, 2.45) is 0 Å². The van der Waals surface area contributed by atoms with Gasteiger partial charge in [-0.1, -0.05) is 31.9 Å². The largest absolute Gasteiger partial charge is 0.329 e. The molecule has 1 unspecified atom stereocenters. The maximum Gasteiger partial charge on any atom is 0.329 e. The van der Waals surface area contributed by atoms with Gasteiger partial charge in [0.1, 0.15) is 0 Å². The van der Waals surface area contributed by atoms with Crippen LogP contribution in [-0.4, -0.2) is 31.4 Å². The lowest BCUT2D eigenvalue weighted by Crippen LogP contribution is -2.13. The first-order valence-electron chi connectivity index (χ1n) is 5.91. The van der Waals surface area contributed by atoms with Gasteiger partial charge >= 0.3 is 15.2 Å². The molecule has 0 aromatic heterocycles. The van der Waals surface area contributed by atoms with Gasteiger partial charge in [-0.15, -0.1) is 0 Å². The van der Waals surface area contributed by atoms with Gasteiger partial charge in [-0.2, -0.15) is 0 Å². The molecule has 8 heteroatoms. The van der Waals surface area contributed by atoms with Crippen LogP contribution >= 0.6 is 15.2 Å². The summed E-state index contributed by atoms with van der Waals surface area (Å²) in [6.07, 6.45) is 6.61. The van der Waals surface area contributed by atoms with Crippen LogP contribution < -0.4 is 0 Å². The summed E-state index contributed by atoms with van der Waals surface area (Å²) < 4.78 is 21.9. The topological polar surface area (TPSA) is 115 Å².